The Bertz CT molecular complexity index is 737. The molecule has 1 aliphatic rings. The number of hydrogen-bond acceptors (Lipinski definition) is 3. The summed E-state index contributed by atoms with van der Waals surface area (Å²) in [7, 11) is 0. The van der Waals surface area contributed by atoms with Gasteiger partial charge in [-0.15, -0.1) is 0 Å². The maximum Gasteiger partial charge on any atom is 0.398 e. The van der Waals surface area contributed by atoms with Crippen LogP contribution >= 0.6 is 11.6 Å². The maximum atomic E-state index is 13.4. The summed E-state index contributed by atoms with van der Waals surface area (Å²) < 4.78 is 40.3. The Morgan fingerprint density at radius 3 is 2.57 bits per heavy atom. The zero-order valence-electron chi connectivity index (χ0n) is 10.5. The number of H-pyrrole nitrogens is 1. The molecule has 0 amide bonds. The summed E-state index contributed by atoms with van der Waals surface area (Å²) in [4.78, 5) is 16.8. The van der Waals surface area contributed by atoms with Gasteiger partial charge in [-0.1, -0.05) is 18.0 Å². The minimum absolute atomic E-state index is 0.000255. The van der Waals surface area contributed by atoms with Gasteiger partial charge in [-0.2, -0.15) is 13.2 Å². The van der Waals surface area contributed by atoms with Crippen molar-refractivity contribution in [3.05, 3.63) is 33.1 Å². The molecule has 2 aromatic heterocycles. The lowest BCUT2D eigenvalue weighted by Crippen LogP contribution is -2.47. The van der Waals surface area contributed by atoms with E-state index < -0.39 is 22.2 Å². The minimum Gasteiger partial charge on any atom is -0.346 e. The van der Waals surface area contributed by atoms with Crippen LogP contribution in [0.1, 0.15) is 24.8 Å². The fourth-order valence-electron chi connectivity index (χ4n) is 2.84. The van der Waals surface area contributed by atoms with Crippen LogP contribution in [0.2, 0.25) is 5.15 Å². The molecule has 2 aromatic rings. The number of alkyl halides is 3. The van der Waals surface area contributed by atoms with Gasteiger partial charge in [0.15, 0.2) is 0 Å². The molecule has 0 aromatic carbocycles. The molecule has 0 aliphatic heterocycles. The summed E-state index contributed by atoms with van der Waals surface area (Å²) in [6.07, 6.45) is -3.03. The lowest BCUT2D eigenvalue weighted by Gasteiger charge is -2.43. The van der Waals surface area contributed by atoms with Crippen LogP contribution in [0.5, 0.6) is 0 Å². The number of nitrogens with one attached hydrogen (secondary N) is 1. The van der Waals surface area contributed by atoms with Gasteiger partial charge in [-0.05, 0) is 12.8 Å². The smallest absolute Gasteiger partial charge is 0.346 e. The van der Waals surface area contributed by atoms with Gasteiger partial charge >= 0.3 is 6.18 Å². The van der Waals surface area contributed by atoms with Gasteiger partial charge in [0.1, 0.15) is 16.2 Å². The number of aromatic amines is 1. The molecular weight excluding hydrogens is 311 g/mol. The van der Waals surface area contributed by atoms with Gasteiger partial charge in [0.2, 0.25) is 0 Å². The van der Waals surface area contributed by atoms with Crippen molar-refractivity contribution in [3.8, 4) is 0 Å². The fraction of sp³-hybridized carbons (Fsp3) is 0.417. The topological polar surface area (TPSA) is 71.8 Å². The van der Waals surface area contributed by atoms with Crippen LogP contribution in [-0.2, 0) is 5.41 Å². The molecule has 0 unspecified atom stereocenters. The van der Waals surface area contributed by atoms with Crippen molar-refractivity contribution < 1.29 is 18.1 Å². The first-order valence-corrected chi connectivity index (χ1v) is 6.53. The largest absolute Gasteiger partial charge is 0.398 e. The lowest BCUT2D eigenvalue weighted by molar-refractivity contribution is -0.383. The van der Waals surface area contributed by atoms with Gasteiger partial charge in [-0.3, -0.25) is 10.1 Å². The predicted molar refractivity (Wildman–Crippen MR) is 69.3 cm³/mol. The molecule has 112 valence electrons. The van der Waals surface area contributed by atoms with E-state index in [1.807, 2.05) is 0 Å². The number of aromatic nitrogens is 2. The minimum atomic E-state index is -4.46. The van der Waals surface area contributed by atoms with E-state index >= 15 is 0 Å². The van der Waals surface area contributed by atoms with E-state index in [1.165, 1.54) is 0 Å². The van der Waals surface area contributed by atoms with Gasteiger partial charge in [0, 0.05) is 11.8 Å². The predicted octanol–water partition coefficient (Wildman–Crippen LogP) is 4.11. The van der Waals surface area contributed by atoms with Gasteiger partial charge in [0.25, 0.3) is 5.69 Å². The maximum absolute atomic E-state index is 13.4. The molecule has 21 heavy (non-hydrogen) atoms. The van der Waals surface area contributed by atoms with E-state index in [0.29, 0.717) is 6.42 Å². The molecule has 0 saturated heterocycles. The highest BCUT2D eigenvalue weighted by molar-refractivity contribution is 6.30. The number of pyridine rings is 1. The van der Waals surface area contributed by atoms with Gasteiger partial charge in [-0.25, -0.2) is 4.98 Å². The number of halogens is 4. The molecule has 3 rings (SSSR count). The van der Waals surface area contributed by atoms with E-state index in [1.54, 1.807) is 0 Å². The van der Waals surface area contributed by atoms with Crippen LogP contribution < -0.4 is 0 Å². The first-order chi connectivity index (χ1) is 9.76. The van der Waals surface area contributed by atoms with E-state index in [2.05, 4.69) is 9.97 Å². The normalized spacial score (nSPS) is 17.7. The summed E-state index contributed by atoms with van der Waals surface area (Å²) in [6, 6.07) is 0.976. The quantitative estimate of drug-likeness (QED) is 0.514. The average molecular weight is 320 g/mol. The molecule has 1 aliphatic carbocycles. The molecule has 0 radical (unpaired) electrons. The highest BCUT2D eigenvalue weighted by Crippen LogP contribution is 2.56. The van der Waals surface area contributed by atoms with Crippen molar-refractivity contribution in [1.82, 2.24) is 9.97 Å². The molecule has 0 atom stereocenters. The Morgan fingerprint density at radius 1 is 1.43 bits per heavy atom. The second-order valence-electron chi connectivity index (χ2n) is 5.08. The summed E-state index contributed by atoms with van der Waals surface area (Å²) in [5, 5.41) is 10.9. The second-order valence-corrected chi connectivity index (χ2v) is 5.47. The van der Waals surface area contributed by atoms with E-state index in [-0.39, 0.29) is 34.6 Å². The van der Waals surface area contributed by atoms with Crippen molar-refractivity contribution in [2.75, 3.05) is 0 Å². The molecule has 5 nitrogen and oxygen atoms in total. The zero-order chi connectivity index (χ0) is 15.4. The van der Waals surface area contributed by atoms with Crippen LogP contribution in [0.15, 0.2) is 12.3 Å². The third-order valence-corrected chi connectivity index (χ3v) is 4.25. The molecular formula is C12H9ClF3N3O2. The third kappa shape index (κ3) is 1.89. The van der Waals surface area contributed by atoms with Gasteiger partial charge in [0.05, 0.1) is 16.4 Å². The van der Waals surface area contributed by atoms with Crippen LogP contribution in [0.3, 0.4) is 0 Å². The van der Waals surface area contributed by atoms with Crippen molar-refractivity contribution in [1.29, 1.82) is 0 Å². The molecule has 1 saturated carbocycles. The Labute approximate surface area is 121 Å². The Hall–Kier alpha value is -1.83. The molecule has 0 bridgehead atoms. The van der Waals surface area contributed by atoms with E-state index in [4.69, 9.17) is 11.6 Å². The average Bonchev–Trinajstić information content (AvgIpc) is 2.68. The van der Waals surface area contributed by atoms with Gasteiger partial charge < -0.3 is 4.98 Å². The first kappa shape index (κ1) is 14.1. The Kier molecular flexibility index (Phi) is 2.91. The molecule has 9 heteroatoms. The first-order valence-electron chi connectivity index (χ1n) is 6.15. The standard InChI is InChI=1S/C12H9ClF3N3O2/c13-8-4-7(19(20)21)9-6(5-17-10(9)18-8)11(2-1-3-11)12(14,15)16/h4-5H,1-3H2,(H,17,18). The highest BCUT2D eigenvalue weighted by Gasteiger charge is 2.60. The monoisotopic (exact) mass is 319 g/mol. The summed E-state index contributed by atoms with van der Waals surface area (Å²) >= 11 is 5.67. The Balaban J connectivity index is 2.32. The number of rotatable bonds is 2. The molecule has 2 heterocycles. The number of hydrogen-bond donors (Lipinski definition) is 1. The number of nitro groups is 1. The van der Waals surface area contributed by atoms with Crippen LogP contribution in [-0.4, -0.2) is 21.1 Å². The number of nitrogens with zero attached hydrogens (tertiary/aromatic N) is 2. The van der Waals surface area contributed by atoms with Crippen LogP contribution in [0.25, 0.3) is 11.0 Å². The Morgan fingerprint density at radius 2 is 2.10 bits per heavy atom. The highest BCUT2D eigenvalue weighted by atomic mass is 35.5. The SMILES string of the molecule is O=[N+]([O-])c1cc(Cl)nc2[nH]cc(C3(C(F)(F)F)CCC3)c12. The lowest BCUT2D eigenvalue weighted by atomic mass is 9.64. The van der Waals surface area contributed by atoms with E-state index in [0.717, 1.165) is 12.3 Å². The summed E-state index contributed by atoms with van der Waals surface area (Å²) in [5.41, 5.74) is -2.62. The van der Waals surface area contributed by atoms with Crippen molar-refractivity contribution in [2.24, 2.45) is 0 Å². The van der Waals surface area contributed by atoms with Crippen molar-refractivity contribution in [3.63, 3.8) is 0 Å². The zero-order valence-corrected chi connectivity index (χ0v) is 11.3. The summed E-state index contributed by atoms with van der Waals surface area (Å²) in [6.45, 7) is 0. The van der Waals surface area contributed by atoms with Crippen molar-refractivity contribution >= 4 is 28.3 Å². The fourth-order valence-corrected chi connectivity index (χ4v) is 3.03. The molecule has 1 fully saturated rings. The molecule has 0 spiro atoms. The van der Waals surface area contributed by atoms with Crippen LogP contribution in [0.4, 0.5) is 18.9 Å². The van der Waals surface area contributed by atoms with Crippen molar-refractivity contribution in [2.45, 2.75) is 30.9 Å². The number of fused-ring (bicyclic) bond motifs is 1. The second kappa shape index (κ2) is 4.33. The third-order valence-electron chi connectivity index (χ3n) is 4.05. The van der Waals surface area contributed by atoms with Crippen LogP contribution in [0, 0.1) is 10.1 Å². The van der Waals surface area contributed by atoms with E-state index in [9.17, 15) is 23.3 Å². The summed E-state index contributed by atoms with van der Waals surface area (Å²) in [5.74, 6) is 0. The molecule has 1 N–H and O–H groups in total.